The van der Waals surface area contributed by atoms with Crippen LogP contribution in [0.25, 0.3) is 10.9 Å². The van der Waals surface area contributed by atoms with Gasteiger partial charge in [0.05, 0.1) is 18.3 Å². The third-order valence-electron chi connectivity index (χ3n) is 5.63. The van der Waals surface area contributed by atoms with Crippen LogP contribution in [0.15, 0.2) is 54.7 Å². The molecule has 2 aromatic carbocycles. The van der Waals surface area contributed by atoms with Crippen molar-refractivity contribution in [2.45, 2.75) is 51.9 Å². The highest BCUT2D eigenvalue weighted by molar-refractivity contribution is 6.03. The van der Waals surface area contributed by atoms with Gasteiger partial charge in [0.15, 0.2) is 0 Å². The number of fused-ring (bicyclic) bond motifs is 1. The Hall–Kier alpha value is -3.08. The average Bonchev–Trinajstić information content (AvgIpc) is 2.79. The zero-order valence-corrected chi connectivity index (χ0v) is 18.8. The highest BCUT2D eigenvalue weighted by Gasteiger charge is 2.16. The summed E-state index contributed by atoms with van der Waals surface area (Å²) in [4.78, 5) is 17.2. The molecule has 1 aromatic heterocycles. The van der Waals surface area contributed by atoms with Gasteiger partial charge in [0, 0.05) is 24.0 Å². The first-order chi connectivity index (χ1) is 15.1. The molecule has 1 heterocycles. The van der Waals surface area contributed by atoms with E-state index < -0.39 is 0 Å². The number of hydrogen-bond donors (Lipinski definition) is 2. The van der Waals surface area contributed by atoms with Crippen LogP contribution in [0.4, 0.5) is 10.5 Å². The average molecular weight is 420 g/mol. The van der Waals surface area contributed by atoms with Gasteiger partial charge in [-0.15, -0.1) is 0 Å². The number of aromatic nitrogens is 1. The minimum atomic E-state index is -0.235. The van der Waals surface area contributed by atoms with E-state index in [-0.39, 0.29) is 6.03 Å². The van der Waals surface area contributed by atoms with Crippen LogP contribution in [0.2, 0.25) is 0 Å². The lowest BCUT2D eigenvalue weighted by Gasteiger charge is -2.20. The van der Waals surface area contributed by atoms with Crippen molar-refractivity contribution in [1.82, 2.24) is 10.3 Å². The number of aryl methyl sites for hydroxylation is 1. The van der Waals surface area contributed by atoms with Gasteiger partial charge in [0.25, 0.3) is 0 Å². The van der Waals surface area contributed by atoms with Crippen molar-refractivity contribution in [2.75, 3.05) is 19.0 Å². The maximum absolute atomic E-state index is 12.8. The van der Waals surface area contributed by atoms with Gasteiger partial charge in [-0.3, -0.25) is 4.98 Å². The van der Waals surface area contributed by atoms with Crippen LogP contribution in [-0.4, -0.2) is 24.7 Å². The van der Waals surface area contributed by atoms with Crippen LogP contribution >= 0.6 is 0 Å². The van der Waals surface area contributed by atoms with Crippen LogP contribution in [0, 0.1) is 6.92 Å². The molecule has 0 aliphatic rings. The monoisotopic (exact) mass is 419 g/mol. The normalized spacial score (nSPS) is 11.8. The molecule has 1 unspecified atom stereocenters. The van der Waals surface area contributed by atoms with Gasteiger partial charge in [-0.2, -0.15) is 0 Å². The summed E-state index contributed by atoms with van der Waals surface area (Å²) >= 11 is 0. The first kappa shape index (κ1) is 22.6. The molecule has 0 saturated heterocycles. The lowest BCUT2D eigenvalue weighted by Crippen LogP contribution is -2.32. The fraction of sp³-hybridized carbons (Fsp3) is 0.385. The van der Waals surface area contributed by atoms with Gasteiger partial charge in [-0.1, -0.05) is 62.4 Å². The smallest absolute Gasteiger partial charge is 0.319 e. The number of nitrogens with one attached hydrogen (secondary N) is 2. The second kappa shape index (κ2) is 11.3. The second-order valence-corrected chi connectivity index (χ2v) is 8.01. The molecule has 1 atom stereocenters. The van der Waals surface area contributed by atoms with E-state index in [4.69, 9.17) is 4.74 Å². The fourth-order valence-corrected chi connectivity index (χ4v) is 3.93. The summed E-state index contributed by atoms with van der Waals surface area (Å²) in [5.41, 5.74) is 3.98. The molecule has 2 N–H and O–H groups in total. The molecule has 164 valence electrons. The number of benzene rings is 2. The quantitative estimate of drug-likeness (QED) is 0.372. The first-order valence-electron chi connectivity index (χ1n) is 11.2. The van der Waals surface area contributed by atoms with Gasteiger partial charge in [0.1, 0.15) is 5.75 Å². The van der Waals surface area contributed by atoms with E-state index in [1.54, 1.807) is 13.3 Å². The number of anilines is 1. The summed E-state index contributed by atoms with van der Waals surface area (Å²) in [6, 6.07) is 15.9. The molecule has 0 aliphatic carbocycles. The number of nitrogens with zero attached hydrogens (tertiary/aromatic N) is 1. The number of pyridine rings is 1. The maximum Gasteiger partial charge on any atom is 0.319 e. The number of amides is 2. The highest BCUT2D eigenvalue weighted by atomic mass is 16.5. The molecule has 0 aliphatic heterocycles. The molecule has 3 rings (SSSR count). The molecular formula is C26H33N3O2. The first-order valence-corrected chi connectivity index (χ1v) is 11.2. The minimum Gasteiger partial charge on any atom is -0.495 e. The summed E-state index contributed by atoms with van der Waals surface area (Å²) < 4.78 is 5.47. The Labute approximate surface area is 185 Å². The Kier molecular flexibility index (Phi) is 8.27. The summed E-state index contributed by atoms with van der Waals surface area (Å²) in [7, 11) is 1.60. The van der Waals surface area contributed by atoms with Crippen molar-refractivity contribution in [3.05, 3.63) is 65.9 Å². The van der Waals surface area contributed by atoms with Crippen LogP contribution in [0.1, 0.15) is 56.1 Å². The Morgan fingerprint density at radius 1 is 1.10 bits per heavy atom. The number of urea groups is 1. The highest BCUT2D eigenvalue weighted by Crippen LogP contribution is 2.32. The molecule has 0 radical (unpaired) electrons. The molecule has 0 spiro atoms. The lowest BCUT2D eigenvalue weighted by atomic mass is 9.92. The molecule has 0 fully saturated rings. The number of unbranched alkanes of at least 4 members (excludes halogenated alkanes) is 3. The van der Waals surface area contributed by atoms with Gasteiger partial charge in [-0.25, -0.2) is 4.79 Å². The molecule has 2 amide bonds. The predicted octanol–water partition coefficient (Wildman–Crippen LogP) is 6.43. The van der Waals surface area contributed by atoms with E-state index in [2.05, 4.69) is 53.7 Å². The van der Waals surface area contributed by atoms with E-state index in [0.29, 0.717) is 23.9 Å². The molecule has 5 heteroatoms. The van der Waals surface area contributed by atoms with Crippen LogP contribution in [0.3, 0.4) is 0 Å². The van der Waals surface area contributed by atoms with Gasteiger partial charge < -0.3 is 15.4 Å². The number of hydrogen-bond acceptors (Lipinski definition) is 3. The molecular weight excluding hydrogens is 386 g/mol. The van der Waals surface area contributed by atoms with Gasteiger partial charge >= 0.3 is 6.03 Å². The van der Waals surface area contributed by atoms with E-state index >= 15 is 0 Å². The van der Waals surface area contributed by atoms with Crippen molar-refractivity contribution in [1.29, 1.82) is 0 Å². The van der Waals surface area contributed by atoms with Crippen LogP contribution < -0.4 is 15.4 Å². The summed E-state index contributed by atoms with van der Waals surface area (Å²) in [6.45, 7) is 4.92. The van der Waals surface area contributed by atoms with Crippen molar-refractivity contribution >= 4 is 22.6 Å². The number of ether oxygens (including phenoxy) is 1. The third-order valence-corrected chi connectivity index (χ3v) is 5.63. The van der Waals surface area contributed by atoms with Crippen LogP contribution in [-0.2, 0) is 0 Å². The number of methoxy groups -OCH3 is 1. The second-order valence-electron chi connectivity index (χ2n) is 8.01. The van der Waals surface area contributed by atoms with Crippen molar-refractivity contribution in [3.63, 3.8) is 0 Å². The van der Waals surface area contributed by atoms with Gasteiger partial charge in [0.2, 0.25) is 0 Å². The van der Waals surface area contributed by atoms with E-state index in [9.17, 15) is 4.79 Å². The van der Waals surface area contributed by atoms with Crippen molar-refractivity contribution in [2.24, 2.45) is 0 Å². The largest absolute Gasteiger partial charge is 0.495 e. The van der Waals surface area contributed by atoms with E-state index in [1.807, 2.05) is 24.3 Å². The van der Waals surface area contributed by atoms with Gasteiger partial charge in [-0.05, 0) is 43.2 Å². The molecule has 5 nitrogen and oxygen atoms in total. The van der Waals surface area contributed by atoms with Crippen molar-refractivity contribution in [3.8, 4) is 5.75 Å². The Morgan fingerprint density at radius 3 is 2.74 bits per heavy atom. The third kappa shape index (κ3) is 6.20. The molecule has 31 heavy (non-hydrogen) atoms. The molecule has 3 aromatic rings. The van der Waals surface area contributed by atoms with Crippen LogP contribution in [0.5, 0.6) is 5.75 Å². The number of carbonyl (C=O) groups excluding carboxylic acids is 1. The van der Waals surface area contributed by atoms with Crippen molar-refractivity contribution < 1.29 is 9.53 Å². The van der Waals surface area contributed by atoms with E-state index in [0.717, 1.165) is 17.3 Å². The zero-order chi connectivity index (χ0) is 22.1. The number of carbonyl (C=O) groups is 1. The maximum atomic E-state index is 12.8. The summed E-state index contributed by atoms with van der Waals surface area (Å²) in [5, 5.41) is 6.92. The minimum absolute atomic E-state index is 0.235. The zero-order valence-electron chi connectivity index (χ0n) is 18.8. The molecule has 0 bridgehead atoms. The Bertz CT molecular complexity index is 1000. The topological polar surface area (TPSA) is 63.2 Å². The Balaban J connectivity index is 1.70. The van der Waals surface area contributed by atoms with E-state index in [1.165, 1.54) is 36.8 Å². The summed E-state index contributed by atoms with van der Waals surface area (Å²) in [5.74, 6) is 0.907. The summed E-state index contributed by atoms with van der Waals surface area (Å²) in [6.07, 6.45) is 7.67. The fourth-order valence-electron chi connectivity index (χ4n) is 3.93. The molecule has 0 saturated carbocycles. The lowest BCUT2D eigenvalue weighted by molar-refractivity contribution is 0.251. The number of rotatable bonds is 10. The predicted molar refractivity (Wildman–Crippen MR) is 128 cm³/mol. The standard InChI is InChI=1S/C26H33N3O2/c1-4-5-6-7-11-21(20-12-8-10-19(2)17-20)18-28-26(30)29-25-22-13-9-16-27-23(22)14-15-24(25)31-3/h8-10,12-17,21H,4-7,11,18H2,1-3H3,(H2,28,29,30). The Morgan fingerprint density at radius 2 is 1.97 bits per heavy atom. The SMILES string of the molecule is CCCCCCC(CNC(=O)Nc1c(OC)ccc2ncccc12)c1cccc(C)c1.